The van der Waals surface area contributed by atoms with Crippen LogP contribution in [-0.2, 0) is 0 Å². The molecule has 0 fully saturated rings. The fourth-order valence-electron chi connectivity index (χ4n) is 7.18. The summed E-state index contributed by atoms with van der Waals surface area (Å²) in [4.78, 5) is 19.9. The van der Waals surface area contributed by atoms with Crippen LogP contribution in [0.4, 0.5) is 0 Å². The van der Waals surface area contributed by atoms with E-state index < -0.39 is 0 Å². The molecule has 0 spiro atoms. The second-order valence-electron chi connectivity index (χ2n) is 12.7. The molecule has 0 N–H and O–H groups in total. The summed E-state index contributed by atoms with van der Waals surface area (Å²) in [5.74, 6) is 0.643. The summed E-state index contributed by atoms with van der Waals surface area (Å²) in [5, 5.41) is 4.31. The molecule has 0 aliphatic rings. The zero-order valence-corrected chi connectivity index (χ0v) is 27.4. The third kappa shape index (κ3) is 5.03. The molecule has 10 aromatic rings. The minimum atomic E-state index is 0.643. The van der Waals surface area contributed by atoms with Crippen molar-refractivity contribution in [3.05, 3.63) is 170 Å². The molecule has 0 unspecified atom stereocenters. The molecule has 0 saturated heterocycles. The van der Waals surface area contributed by atoms with E-state index >= 15 is 0 Å². The van der Waals surface area contributed by atoms with Crippen LogP contribution in [0.25, 0.3) is 99.9 Å². The lowest BCUT2D eigenvalue weighted by Crippen LogP contribution is -1.97. The van der Waals surface area contributed by atoms with Gasteiger partial charge in [-0.2, -0.15) is 0 Å². The minimum Gasteiger partial charge on any atom is -0.455 e. The van der Waals surface area contributed by atoms with Gasteiger partial charge in [0.25, 0.3) is 0 Å². The van der Waals surface area contributed by atoms with Gasteiger partial charge in [-0.1, -0.05) is 103 Å². The van der Waals surface area contributed by atoms with E-state index in [1.54, 1.807) is 0 Å². The van der Waals surface area contributed by atoms with E-state index in [0.29, 0.717) is 5.82 Å². The number of nitrogens with zero attached hydrogens (tertiary/aromatic N) is 4. The molecule has 5 nitrogen and oxygen atoms in total. The quantitative estimate of drug-likeness (QED) is 0.185. The van der Waals surface area contributed by atoms with Gasteiger partial charge in [0.1, 0.15) is 11.2 Å². The maximum absolute atomic E-state index is 6.49. The first-order valence-corrected chi connectivity index (χ1v) is 17.0. The SMILES string of the molecule is c1ccc(-c2nc(-c3cc(-c4cccc5ncccc45)cc(-c4cccc5cccnc45)c3)cc(-c3cccc4c3oc3ccccc34)n2)cc1. The van der Waals surface area contributed by atoms with Gasteiger partial charge < -0.3 is 4.42 Å². The molecule has 4 heterocycles. The van der Waals surface area contributed by atoms with Gasteiger partial charge in [0.2, 0.25) is 0 Å². The normalized spacial score (nSPS) is 11.5. The lowest BCUT2D eigenvalue weighted by molar-refractivity contribution is 0.670. The van der Waals surface area contributed by atoms with Crippen LogP contribution in [0.15, 0.2) is 175 Å². The van der Waals surface area contributed by atoms with Crippen molar-refractivity contribution in [2.75, 3.05) is 0 Å². The van der Waals surface area contributed by atoms with Crippen molar-refractivity contribution in [2.24, 2.45) is 0 Å². The first-order chi connectivity index (χ1) is 25.3. The van der Waals surface area contributed by atoms with Gasteiger partial charge >= 0.3 is 0 Å². The van der Waals surface area contributed by atoms with Crippen LogP contribution in [-0.4, -0.2) is 19.9 Å². The molecular formula is C46H28N4O. The number of furan rings is 1. The summed E-state index contributed by atoms with van der Waals surface area (Å²) in [6.45, 7) is 0. The van der Waals surface area contributed by atoms with Crippen LogP contribution >= 0.6 is 0 Å². The predicted octanol–water partition coefficient (Wildman–Crippen LogP) is 11.8. The molecule has 0 aliphatic heterocycles. The molecule has 0 atom stereocenters. The first kappa shape index (κ1) is 29.0. The number of benzene rings is 6. The topological polar surface area (TPSA) is 64.7 Å². The summed E-state index contributed by atoms with van der Waals surface area (Å²) in [6.07, 6.45) is 3.69. The fourth-order valence-corrected chi connectivity index (χ4v) is 7.18. The third-order valence-electron chi connectivity index (χ3n) is 9.57. The van der Waals surface area contributed by atoms with Crippen LogP contribution in [0.2, 0.25) is 0 Å². The second-order valence-corrected chi connectivity index (χ2v) is 12.7. The Morgan fingerprint density at radius 3 is 2.02 bits per heavy atom. The van der Waals surface area contributed by atoms with Crippen molar-refractivity contribution in [1.29, 1.82) is 0 Å². The van der Waals surface area contributed by atoms with E-state index in [4.69, 9.17) is 19.4 Å². The molecule has 0 bridgehead atoms. The van der Waals surface area contributed by atoms with Crippen LogP contribution in [0.5, 0.6) is 0 Å². The van der Waals surface area contributed by atoms with Crippen LogP contribution in [0.3, 0.4) is 0 Å². The van der Waals surface area contributed by atoms with Crippen LogP contribution in [0, 0.1) is 0 Å². The Balaban J connectivity index is 1.26. The van der Waals surface area contributed by atoms with E-state index in [9.17, 15) is 0 Å². The Morgan fingerprint density at radius 2 is 1.08 bits per heavy atom. The van der Waals surface area contributed by atoms with Crippen LogP contribution in [0.1, 0.15) is 0 Å². The standard InChI is InChI=1S/C46H28N4O/c1-2-11-30(12-3-1)46-49-41(28-42(50-46)39-19-7-18-38-37-15-4-5-22-43(37)51-45(38)39)33-26-31(34-16-8-21-40-36(34)20-10-23-47-40)25-32(27-33)35-17-6-13-29-14-9-24-48-44(29)35/h1-28H. The Hall–Kier alpha value is -6.98. The number of aromatic nitrogens is 4. The van der Waals surface area contributed by atoms with Gasteiger partial charge in [0.05, 0.1) is 22.4 Å². The number of pyridine rings is 2. The smallest absolute Gasteiger partial charge is 0.160 e. The van der Waals surface area contributed by atoms with E-state index in [0.717, 1.165) is 94.1 Å². The molecule has 51 heavy (non-hydrogen) atoms. The number of rotatable bonds is 5. The Kier molecular flexibility index (Phi) is 6.74. The molecule has 0 saturated carbocycles. The molecule has 4 aromatic heterocycles. The lowest BCUT2D eigenvalue weighted by Gasteiger charge is -2.15. The molecule has 5 heteroatoms. The summed E-state index contributed by atoms with van der Waals surface area (Å²) in [7, 11) is 0. The van der Waals surface area contributed by atoms with Gasteiger partial charge in [-0.05, 0) is 71.3 Å². The monoisotopic (exact) mass is 652 g/mol. The highest BCUT2D eigenvalue weighted by molar-refractivity contribution is 6.09. The summed E-state index contributed by atoms with van der Waals surface area (Å²) in [6, 6.07) is 54.2. The maximum atomic E-state index is 6.49. The van der Waals surface area contributed by atoms with E-state index in [2.05, 4.69) is 114 Å². The van der Waals surface area contributed by atoms with Gasteiger partial charge in [0, 0.05) is 56.2 Å². The molecule has 0 aliphatic carbocycles. The second kappa shape index (κ2) is 11.9. The molecule has 0 amide bonds. The van der Waals surface area contributed by atoms with Crippen molar-refractivity contribution >= 4 is 43.7 Å². The van der Waals surface area contributed by atoms with Gasteiger partial charge in [0.15, 0.2) is 5.82 Å². The highest BCUT2D eigenvalue weighted by atomic mass is 16.3. The average molecular weight is 653 g/mol. The largest absolute Gasteiger partial charge is 0.455 e. The number of para-hydroxylation sites is 3. The van der Waals surface area contributed by atoms with E-state index in [-0.39, 0.29) is 0 Å². The summed E-state index contributed by atoms with van der Waals surface area (Å²) >= 11 is 0. The summed E-state index contributed by atoms with van der Waals surface area (Å²) < 4.78 is 6.49. The third-order valence-corrected chi connectivity index (χ3v) is 9.57. The van der Waals surface area contributed by atoms with Crippen molar-refractivity contribution in [1.82, 2.24) is 19.9 Å². The van der Waals surface area contributed by atoms with Crippen molar-refractivity contribution in [3.8, 4) is 56.2 Å². The molecule has 238 valence electrons. The first-order valence-electron chi connectivity index (χ1n) is 17.0. The number of fused-ring (bicyclic) bond motifs is 5. The van der Waals surface area contributed by atoms with Gasteiger partial charge in [-0.25, -0.2) is 9.97 Å². The zero-order valence-electron chi connectivity index (χ0n) is 27.4. The zero-order chi connectivity index (χ0) is 33.7. The number of hydrogen-bond acceptors (Lipinski definition) is 5. The fraction of sp³-hybridized carbons (Fsp3) is 0. The number of hydrogen-bond donors (Lipinski definition) is 0. The Morgan fingerprint density at radius 1 is 0.412 bits per heavy atom. The molecular weight excluding hydrogens is 625 g/mol. The highest BCUT2D eigenvalue weighted by Crippen LogP contribution is 2.40. The Bertz CT molecular complexity index is 2820. The minimum absolute atomic E-state index is 0.643. The lowest BCUT2D eigenvalue weighted by atomic mass is 9.92. The van der Waals surface area contributed by atoms with E-state index in [1.165, 1.54) is 0 Å². The van der Waals surface area contributed by atoms with Crippen molar-refractivity contribution < 1.29 is 4.42 Å². The van der Waals surface area contributed by atoms with Gasteiger partial charge in [-0.15, -0.1) is 0 Å². The van der Waals surface area contributed by atoms with Crippen LogP contribution < -0.4 is 0 Å². The molecule has 6 aromatic carbocycles. The highest BCUT2D eigenvalue weighted by Gasteiger charge is 2.18. The van der Waals surface area contributed by atoms with E-state index in [1.807, 2.05) is 60.9 Å². The van der Waals surface area contributed by atoms with Crippen molar-refractivity contribution in [2.45, 2.75) is 0 Å². The molecule has 10 rings (SSSR count). The summed E-state index contributed by atoms with van der Waals surface area (Å²) in [5.41, 5.74) is 12.2. The average Bonchev–Trinajstić information content (AvgIpc) is 3.59. The molecule has 0 radical (unpaired) electrons. The Labute approximate surface area is 293 Å². The van der Waals surface area contributed by atoms with Gasteiger partial charge in [-0.3, -0.25) is 9.97 Å². The predicted molar refractivity (Wildman–Crippen MR) is 207 cm³/mol. The maximum Gasteiger partial charge on any atom is 0.160 e. The van der Waals surface area contributed by atoms with Crippen molar-refractivity contribution in [3.63, 3.8) is 0 Å².